The SMILES string of the molecule is C=CCC(NC(=O)[C@H]1CCC[C@H]1NC(=O)OCC1c2ccccc2-c2ccccc21)C(=O)O. The maximum absolute atomic E-state index is 12.7. The van der Waals surface area contributed by atoms with E-state index in [0.29, 0.717) is 12.8 Å². The van der Waals surface area contributed by atoms with E-state index in [4.69, 9.17) is 4.74 Å². The van der Waals surface area contributed by atoms with E-state index in [1.165, 1.54) is 6.08 Å². The van der Waals surface area contributed by atoms with Gasteiger partial charge in [-0.15, -0.1) is 6.58 Å². The number of aliphatic carboxylic acids is 1. The van der Waals surface area contributed by atoms with Gasteiger partial charge in [0.2, 0.25) is 5.91 Å². The molecule has 3 N–H and O–H groups in total. The third kappa shape index (κ3) is 4.77. The largest absolute Gasteiger partial charge is 0.480 e. The summed E-state index contributed by atoms with van der Waals surface area (Å²) in [6.07, 6.45) is 3.02. The normalized spacial score (nSPS) is 19.8. The molecule has 2 aliphatic rings. The third-order valence-electron chi connectivity index (χ3n) is 6.52. The molecule has 2 aromatic carbocycles. The fourth-order valence-electron chi connectivity index (χ4n) is 4.90. The Balaban J connectivity index is 1.37. The average Bonchev–Trinajstić information content (AvgIpc) is 3.40. The van der Waals surface area contributed by atoms with Gasteiger partial charge in [-0.2, -0.15) is 0 Å². The Hall–Kier alpha value is -3.61. The summed E-state index contributed by atoms with van der Waals surface area (Å²) in [5, 5.41) is 14.7. The highest BCUT2D eigenvalue weighted by atomic mass is 16.5. The molecule has 1 unspecified atom stereocenters. The Kier molecular flexibility index (Phi) is 6.77. The summed E-state index contributed by atoms with van der Waals surface area (Å²) in [4.78, 5) is 36.6. The first kappa shape index (κ1) is 22.6. The second-order valence-corrected chi connectivity index (χ2v) is 8.54. The first-order valence-corrected chi connectivity index (χ1v) is 11.2. The van der Waals surface area contributed by atoms with Gasteiger partial charge in [-0.3, -0.25) is 4.79 Å². The highest BCUT2D eigenvalue weighted by Crippen LogP contribution is 2.44. The van der Waals surface area contributed by atoms with Gasteiger partial charge >= 0.3 is 12.1 Å². The number of amides is 2. The molecule has 0 bridgehead atoms. The average molecular weight is 449 g/mol. The Morgan fingerprint density at radius 1 is 1.06 bits per heavy atom. The second kappa shape index (κ2) is 9.90. The van der Waals surface area contributed by atoms with Gasteiger partial charge < -0.3 is 20.5 Å². The number of hydrogen-bond donors (Lipinski definition) is 3. The Morgan fingerprint density at radius 2 is 1.70 bits per heavy atom. The molecule has 2 amide bonds. The van der Waals surface area contributed by atoms with Crippen LogP contribution in [0.4, 0.5) is 4.79 Å². The summed E-state index contributed by atoms with van der Waals surface area (Å²) >= 11 is 0. The fourth-order valence-corrected chi connectivity index (χ4v) is 4.90. The van der Waals surface area contributed by atoms with Crippen LogP contribution in [0.25, 0.3) is 11.1 Å². The van der Waals surface area contributed by atoms with Gasteiger partial charge in [0, 0.05) is 12.0 Å². The van der Waals surface area contributed by atoms with Crippen molar-refractivity contribution in [1.29, 1.82) is 0 Å². The molecule has 0 radical (unpaired) electrons. The van der Waals surface area contributed by atoms with Gasteiger partial charge in [0.15, 0.2) is 0 Å². The van der Waals surface area contributed by atoms with Crippen molar-refractivity contribution in [2.45, 2.75) is 43.7 Å². The van der Waals surface area contributed by atoms with Gasteiger partial charge in [0.05, 0.1) is 5.92 Å². The van der Waals surface area contributed by atoms with Gasteiger partial charge in [0.1, 0.15) is 12.6 Å². The molecule has 2 aromatic rings. The van der Waals surface area contributed by atoms with Crippen molar-refractivity contribution in [3.63, 3.8) is 0 Å². The van der Waals surface area contributed by atoms with Crippen molar-refractivity contribution < 1.29 is 24.2 Å². The van der Waals surface area contributed by atoms with Crippen LogP contribution in [0.5, 0.6) is 0 Å². The topological polar surface area (TPSA) is 105 Å². The fraction of sp³-hybridized carbons (Fsp3) is 0.346. The second-order valence-electron chi connectivity index (χ2n) is 8.54. The molecule has 4 rings (SSSR count). The van der Waals surface area contributed by atoms with Crippen molar-refractivity contribution in [2.24, 2.45) is 5.92 Å². The molecule has 7 heteroatoms. The number of alkyl carbamates (subject to hydrolysis) is 1. The molecule has 0 aliphatic heterocycles. The van der Waals surface area contributed by atoms with E-state index in [9.17, 15) is 19.5 Å². The monoisotopic (exact) mass is 448 g/mol. The van der Waals surface area contributed by atoms with E-state index < -0.39 is 24.0 Å². The van der Waals surface area contributed by atoms with Crippen LogP contribution in [0, 0.1) is 5.92 Å². The van der Waals surface area contributed by atoms with Gasteiger partial charge in [-0.25, -0.2) is 9.59 Å². The van der Waals surface area contributed by atoms with Gasteiger partial charge in [-0.05, 0) is 41.5 Å². The molecule has 2 aliphatic carbocycles. The van der Waals surface area contributed by atoms with Crippen LogP contribution < -0.4 is 10.6 Å². The molecule has 1 fully saturated rings. The van der Waals surface area contributed by atoms with Gasteiger partial charge in [-0.1, -0.05) is 61.0 Å². The number of carboxylic acid groups (broad SMARTS) is 1. The minimum absolute atomic E-state index is 0.0407. The zero-order valence-electron chi connectivity index (χ0n) is 18.3. The number of fused-ring (bicyclic) bond motifs is 3. The highest BCUT2D eigenvalue weighted by Gasteiger charge is 2.36. The number of rotatable bonds is 8. The Bertz CT molecular complexity index is 1020. The van der Waals surface area contributed by atoms with Crippen LogP contribution >= 0.6 is 0 Å². The van der Waals surface area contributed by atoms with Crippen molar-refractivity contribution in [3.05, 3.63) is 72.3 Å². The molecule has 0 saturated heterocycles. The molecule has 0 aromatic heterocycles. The summed E-state index contributed by atoms with van der Waals surface area (Å²) in [5.74, 6) is -2.01. The van der Waals surface area contributed by atoms with Crippen LogP contribution in [-0.4, -0.2) is 41.8 Å². The molecule has 0 heterocycles. The lowest BCUT2D eigenvalue weighted by atomic mass is 9.98. The van der Waals surface area contributed by atoms with E-state index in [1.54, 1.807) is 0 Å². The summed E-state index contributed by atoms with van der Waals surface area (Å²) in [7, 11) is 0. The van der Waals surface area contributed by atoms with Crippen LogP contribution in [0.15, 0.2) is 61.2 Å². The Morgan fingerprint density at radius 3 is 2.30 bits per heavy atom. The van der Waals surface area contributed by atoms with E-state index in [1.807, 2.05) is 24.3 Å². The summed E-state index contributed by atoms with van der Waals surface area (Å²) in [5.41, 5.74) is 4.57. The zero-order valence-corrected chi connectivity index (χ0v) is 18.3. The number of carbonyl (C=O) groups is 3. The lowest BCUT2D eigenvalue weighted by molar-refractivity contribution is -0.142. The summed E-state index contributed by atoms with van der Waals surface area (Å²) < 4.78 is 5.60. The van der Waals surface area contributed by atoms with Gasteiger partial charge in [0.25, 0.3) is 0 Å². The molecule has 7 nitrogen and oxygen atoms in total. The van der Waals surface area contributed by atoms with Crippen molar-refractivity contribution in [1.82, 2.24) is 10.6 Å². The molecular formula is C26H28N2O5. The first-order valence-electron chi connectivity index (χ1n) is 11.2. The number of ether oxygens (including phenoxy) is 1. The maximum Gasteiger partial charge on any atom is 0.407 e. The third-order valence-corrected chi connectivity index (χ3v) is 6.52. The highest BCUT2D eigenvalue weighted by molar-refractivity contribution is 5.86. The lowest BCUT2D eigenvalue weighted by Gasteiger charge is -2.23. The summed E-state index contributed by atoms with van der Waals surface area (Å²) in [6, 6.07) is 14.8. The smallest absolute Gasteiger partial charge is 0.407 e. The number of carbonyl (C=O) groups excluding carboxylic acids is 2. The maximum atomic E-state index is 12.7. The molecule has 1 saturated carbocycles. The van der Waals surface area contributed by atoms with Crippen LogP contribution in [-0.2, 0) is 14.3 Å². The minimum Gasteiger partial charge on any atom is -0.480 e. The number of nitrogens with one attached hydrogen (secondary N) is 2. The van der Waals surface area contributed by atoms with E-state index in [0.717, 1.165) is 28.7 Å². The van der Waals surface area contributed by atoms with E-state index >= 15 is 0 Å². The zero-order chi connectivity index (χ0) is 23.4. The number of benzene rings is 2. The first-order chi connectivity index (χ1) is 16.0. The Labute approximate surface area is 192 Å². The number of carboxylic acids is 1. The van der Waals surface area contributed by atoms with Crippen molar-refractivity contribution in [3.8, 4) is 11.1 Å². The lowest BCUT2D eigenvalue weighted by Crippen LogP contribution is -2.48. The predicted octanol–water partition coefficient (Wildman–Crippen LogP) is 3.84. The minimum atomic E-state index is -1.11. The van der Waals surface area contributed by atoms with Crippen LogP contribution in [0.3, 0.4) is 0 Å². The molecule has 33 heavy (non-hydrogen) atoms. The number of hydrogen-bond acceptors (Lipinski definition) is 4. The standard InChI is InChI=1S/C26H28N2O5/c1-2-8-23(25(30)31)27-24(29)20-13-7-14-22(20)28-26(32)33-15-21-18-11-5-3-9-16(18)17-10-4-6-12-19(17)21/h2-6,9-12,20-23H,1,7-8,13-15H2,(H,27,29)(H,28,32)(H,30,31)/t20-,22+,23?/m0/s1. The molecule has 3 atom stereocenters. The molecular weight excluding hydrogens is 420 g/mol. The molecule has 0 spiro atoms. The predicted molar refractivity (Wildman–Crippen MR) is 124 cm³/mol. The van der Waals surface area contributed by atoms with Crippen LogP contribution in [0.2, 0.25) is 0 Å². The van der Waals surface area contributed by atoms with Crippen molar-refractivity contribution in [2.75, 3.05) is 6.61 Å². The quantitative estimate of drug-likeness (QED) is 0.532. The molecule has 172 valence electrons. The van der Waals surface area contributed by atoms with Crippen molar-refractivity contribution >= 4 is 18.0 Å². The van der Waals surface area contributed by atoms with E-state index in [-0.39, 0.29) is 30.9 Å². The summed E-state index contributed by atoms with van der Waals surface area (Å²) in [6.45, 7) is 3.73. The van der Waals surface area contributed by atoms with E-state index in [2.05, 4.69) is 41.5 Å². The van der Waals surface area contributed by atoms with Crippen LogP contribution in [0.1, 0.15) is 42.7 Å².